The van der Waals surface area contributed by atoms with Crippen molar-refractivity contribution in [2.45, 2.75) is 38.8 Å². The third-order valence-electron chi connectivity index (χ3n) is 4.73. The zero-order chi connectivity index (χ0) is 13.9. The van der Waals surface area contributed by atoms with Gasteiger partial charge in [-0.1, -0.05) is 19.1 Å². The van der Waals surface area contributed by atoms with E-state index in [1.807, 2.05) is 12.1 Å². The van der Waals surface area contributed by atoms with E-state index in [-0.39, 0.29) is 0 Å². The maximum Gasteiger partial charge on any atom is 0.115 e. The first-order chi connectivity index (χ1) is 9.74. The molecule has 1 aromatic carbocycles. The van der Waals surface area contributed by atoms with Crippen LogP contribution in [0.1, 0.15) is 31.7 Å². The van der Waals surface area contributed by atoms with Crippen LogP contribution in [0, 0.1) is 5.92 Å². The molecule has 2 atom stereocenters. The van der Waals surface area contributed by atoms with Crippen LogP contribution < -0.4 is 0 Å². The Morgan fingerprint density at radius 2 is 2.10 bits per heavy atom. The van der Waals surface area contributed by atoms with Crippen molar-refractivity contribution < 1.29 is 5.11 Å². The molecule has 3 saturated heterocycles. The highest BCUT2D eigenvalue weighted by Crippen LogP contribution is 2.29. The largest absolute Gasteiger partial charge is 0.508 e. The van der Waals surface area contributed by atoms with E-state index in [9.17, 15) is 5.11 Å². The number of hydrogen-bond acceptors (Lipinski definition) is 3. The van der Waals surface area contributed by atoms with Gasteiger partial charge in [-0.25, -0.2) is 0 Å². The lowest BCUT2D eigenvalue weighted by Gasteiger charge is -2.35. The molecule has 0 spiro atoms. The third kappa shape index (κ3) is 3.15. The van der Waals surface area contributed by atoms with Crippen molar-refractivity contribution >= 4 is 0 Å². The summed E-state index contributed by atoms with van der Waals surface area (Å²) >= 11 is 0. The van der Waals surface area contributed by atoms with Crippen LogP contribution in [0.15, 0.2) is 24.3 Å². The number of piperidine rings is 1. The lowest BCUT2D eigenvalue weighted by atomic mass is 9.95. The second-order valence-corrected chi connectivity index (χ2v) is 6.46. The van der Waals surface area contributed by atoms with Crippen LogP contribution >= 0.6 is 0 Å². The van der Waals surface area contributed by atoms with Crippen molar-refractivity contribution in [1.82, 2.24) is 9.80 Å². The Kier molecular flexibility index (Phi) is 4.27. The average molecular weight is 274 g/mol. The van der Waals surface area contributed by atoms with Crippen LogP contribution in [0.2, 0.25) is 0 Å². The predicted octanol–water partition coefficient (Wildman–Crippen LogP) is 2.70. The lowest BCUT2D eigenvalue weighted by Crippen LogP contribution is -2.44. The molecule has 3 aliphatic heterocycles. The molecule has 0 unspecified atom stereocenters. The molecule has 1 aromatic rings. The minimum Gasteiger partial charge on any atom is -0.508 e. The van der Waals surface area contributed by atoms with Gasteiger partial charge >= 0.3 is 0 Å². The van der Waals surface area contributed by atoms with Crippen LogP contribution in [-0.2, 0) is 6.54 Å². The molecule has 0 saturated carbocycles. The molecular weight excluding hydrogens is 248 g/mol. The van der Waals surface area contributed by atoms with E-state index in [1.165, 1.54) is 51.0 Å². The summed E-state index contributed by atoms with van der Waals surface area (Å²) in [6.45, 7) is 8.19. The number of fused-ring (bicyclic) bond motifs is 4. The van der Waals surface area contributed by atoms with Gasteiger partial charge in [0.25, 0.3) is 0 Å². The summed E-state index contributed by atoms with van der Waals surface area (Å²) in [7, 11) is 0. The van der Waals surface area contributed by atoms with Crippen molar-refractivity contribution in [3.8, 4) is 5.75 Å². The first-order valence-corrected chi connectivity index (χ1v) is 7.99. The molecule has 4 rings (SSSR count). The minimum atomic E-state index is 0.382. The highest BCUT2D eigenvalue weighted by Gasteiger charge is 2.33. The van der Waals surface area contributed by atoms with Crippen molar-refractivity contribution in [1.29, 1.82) is 0 Å². The molecule has 0 amide bonds. The third-order valence-corrected chi connectivity index (χ3v) is 4.73. The summed E-state index contributed by atoms with van der Waals surface area (Å²) in [5.41, 5.74) is 1.23. The molecule has 0 radical (unpaired) electrons. The Hall–Kier alpha value is -1.06. The summed E-state index contributed by atoms with van der Waals surface area (Å²) in [6, 6.07) is 8.46. The lowest BCUT2D eigenvalue weighted by molar-refractivity contribution is 0.131. The summed E-state index contributed by atoms with van der Waals surface area (Å²) in [5.74, 6) is 1.21. The molecule has 20 heavy (non-hydrogen) atoms. The van der Waals surface area contributed by atoms with Crippen LogP contribution in [0.3, 0.4) is 0 Å². The number of aromatic hydroxyl groups is 1. The molecule has 0 aliphatic carbocycles. The Labute approximate surface area is 122 Å². The Morgan fingerprint density at radius 1 is 1.20 bits per heavy atom. The van der Waals surface area contributed by atoms with Crippen molar-refractivity contribution in [2.75, 3.05) is 26.2 Å². The van der Waals surface area contributed by atoms with Gasteiger partial charge in [0.15, 0.2) is 0 Å². The molecule has 110 valence electrons. The smallest absolute Gasteiger partial charge is 0.115 e. The maximum atomic E-state index is 9.60. The van der Waals surface area contributed by atoms with Gasteiger partial charge in [0.05, 0.1) is 0 Å². The fourth-order valence-corrected chi connectivity index (χ4v) is 3.88. The molecule has 3 fully saturated rings. The fraction of sp³-hybridized carbons (Fsp3) is 0.647. The highest BCUT2D eigenvalue weighted by molar-refractivity contribution is 5.27. The number of phenols is 1. The van der Waals surface area contributed by atoms with Crippen molar-refractivity contribution in [2.24, 2.45) is 5.92 Å². The highest BCUT2D eigenvalue weighted by atomic mass is 16.3. The minimum absolute atomic E-state index is 0.382. The first kappa shape index (κ1) is 13.9. The van der Waals surface area contributed by atoms with Crippen LogP contribution in [0.25, 0.3) is 0 Å². The second kappa shape index (κ2) is 6.15. The molecular formula is C17H26N2O. The zero-order valence-electron chi connectivity index (χ0n) is 12.5. The Bertz CT molecular complexity index is 448. The van der Waals surface area contributed by atoms with Gasteiger partial charge in [-0.3, -0.25) is 9.80 Å². The van der Waals surface area contributed by atoms with Crippen molar-refractivity contribution in [3.05, 3.63) is 29.8 Å². The number of nitrogens with zero attached hydrogens (tertiary/aromatic N) is 2. The monoisotopic (exact) mass is 274 g/mol. The zero-order valence-corrected chi connectivity index (χ0v) is 12.5. The van der Waals surface area contributed by atoms with Gasteiger partial charge in [0.2, 0.25) is 0 Å². The SMILES string of the molecule is CCCN1C[C@H]2CC[C@@H]1CN(Cc1cccc(O)c1)C2. The topological polar surface area (TPSA) is 26.7 Å². The average Bonchev–Trinajstić information content (AvgIpc) is 2.69. The van der Waals surface area contributed by atoms with E-state index < -0.39 is 0 Å². The summed E-state index contributed by atoms with van der Waals surface area (Å²) in [5, 5.41) is 9.60. The number of phenolic OH excluding ortho intramolecular Hbond substituents is 1. The number of hydrogen-bond donors (Lipinski definition) is 1. The van der Waals surface area contributed by atoms with E-state index in [0.717, 1.165) is 18.5 Å². The van der Waals surface area contributed by atoms with Crippen LogP contribution in [0.4, 0.5) is 0 Å². The first-order valence-electron chi connectivity index (χ1n) is 7.99. The predicted molar refractivity (Wildman–Crippen MR) is 81.8 cm³/mol. The van der Waals surface area contributed by atoms with Crippen LogP contribution in [0.5, 0.6) is 5.75 Å². The number of rotatable bonds is 4. The molecule has 3 heteroatoms. The fourth-order valence-electron chi connectivity index (χ4n) is 3.88. The molecule has 0 aromatic heterocycles. The summed E-state index contributed by atoms with van der Waals surface area (Å²) < 4.78 is 0. The normalized spacial score (nSPS) is 27.6. The van der Waals surface area contributed by atoms with Gasteiger partial charge in [-0.05, 0) is 49.4 Å². The van der Waals surface area contributed by atoms with Gasteiger partial charge in [0, 0.05) is 32.2 Å². The molecule has 3 aliphatic rings. The Balaban J connectivity index is 1.67. The van der Waals surface area contributed by atoms with E-state index in [1.54, 1.807) is 6.07 Å². The Morgan fingerprint density at radius 3 is 2.90 bits per heavy atom. The van der Waals surface area contributed by atoms with Gasteiger partial charge in [-0.2, -0.15) is 0 Å². The molecule has 2 bridgehead atoms. The van der Waals surface area contributed by atoms with Gasteiger partial charge < -0.3 is 5.11 Å². The van der Waals surface area contributed by atoms with E-state index in [4.69, 9.17) is 0 Å². The summed E-state index contributed by atoms with van der Waals surface area (Å²) in [6.07, 6.45) is 4.01. The standard InChI is InChI=1S/C17H26N2O/c1-2-8-19-12-15-6-7-16(19)13-18(11-15)10-14-4-3-5-17(20)9-14/h3-5,9,15-16,20H,2,6-8,10-13H2,1H3/t15-,16+/m0/s1. The van der Waals surface area contributed by atoms with Crippen LogP contribution in [-0.4, -0.2) is 47.1 Å². The van der Waals surface area contributed by atoms with E-state index in [0.29, 0.717) is 5.75 Å². The van der Waals surface area contributed by atoms with E-state index >= 15 is 0 Å². The molecule has 3 nitrogen and oxygen atoms in total. The quantitative estimate of drug-likeness (QED) is 0.914. The van der Waals surface area contributed by atoms with Gasteiger partial charge in [0.1, 0.15) is 5.75 Å². The molecule has 1 N–H and O–H groups in total. The van der Waals surface area contributed by atoms with Crippen molar-refractivity contribution in [3.63, 3.8) is 0 Å². The second-order valence-electron chi connectivity index (χ2n) is 6.46. The van der Waals surface area contributed by atoms with Gasteiger partial charge in [-0.15, -0.1) is 0 Å². The maximum absolute atomic E-state index is 9.60. The number of benzene rings is 1. The molecule has 3 heterocycles. The van der Waals surface area contributed by atoms with E-state index in [2.05, 4.69) is 22.8 Å². The summed E-state index contributed by atoms with van der Waals surface area (Å²) in [4.78, 5) is 5.30.